The van der Waals surface area contributed by atoms with E-state index >= 15 is 0 Å². The number of rotatable bonds is 69. The van der Waals surface area contributed by atoms with Crippen LogP contribution in [0.25, 0.3) is 0 Å². The largest absolute Gasteiger partial charge is 0.472 e. The van der Waals surface area contributed by atoms with Crippen molar-refractivity contribution < 1.29 is 80.2 Å². The summed E-state index contributed by atoms with van der Waals surface area (Å²) in [7, 11) is -9.98. The van der Waals surface area contributed by atoms with Gasteiger partial charge in [0.25, 0.3) is 0 Å². The maximum absolute atomic E-state index is 13.1. The first-order valence-electron chi connectivity index (χ1n) is 37.4. The molecule has 0 saturated carbocycles. The van der Waals surface area contributed by atoms with Crippen LogP contribution in [0, 0.1) is 0 Å². The van der Waals surface area contributed by atoms with E-state index in [-0.39, 0.29) is 25.7 Å². The van der Waals surface area contributed by atoms with Gasteiger partial charge in [0.2, 0.25) is 0 Å². The summed E-state index contributed by atoms with van der Waals surface area (Å²) in [5.74, 6) is -2.28. The van der Waals surface area contributed by atoms with Crippen molar-refractivity contribution in [2.75, 3.05) is 39.6 Å². The molecule has 0 aliphatic heterocycles. The highest BCUT2D eigenvalue weighted by Crippen LogP contribution is 2.45. The summed E-state index contributed by atoms with van der Waals surface area (Å²) >= 11 is 0. The van der Waals surface area contributed by atoms with Crippen molar-refractivity contribution >= 4 is 39.5 Å². The molecule has 0 amide bonds. The van der Waals surface area contributed by atoms with Crippen LogP contribution in [0.3, 0.4) is 0 Å². The number of esters is 4. The zero-order chi connectivity index (χ0) is 71.8. The fourth-order valence-corrected chi connectivity index (χ4v) is 11.1. The first-order valence-corrected chi connectivity index (χ1v) is 40.4. The van der Waals surface area contributed by atoms with Gasteiger partial charge in [0.15, 0.2) is 12.2 Å². The third kappa shape index (κ3) is 69.7. The fraction of sp³-hybridized carbons (Fsp3) is 0.671. The number of unbranched alkanes of at least 4 members (excludes halogenated alkanes) is 21. The number of aliphatic hydroxyl groups excluding tert-OH is 1. The Hall–Kier alpha value is -4.80. The molecule has 5 unspecified atom stereocenters. The maximum Gasteiger partial charge on any atom is 0.472 e. The lowest BCUT2D eigenvalue weighted by Gasteiger charge is -2.21. The van der Waals surface area contributed by atoms with Crippen LogP contribution in [0.5, 0.6) is 0 Å². The molecule has 98 heavy (non-hydrogen) atoms. The summed E-state index contributed by atoms with van der Waals surface area (Å²) in [5, 5.41) is 10.6. The minimum Gasteiger partial charge on any atom is -0.462 e. The summed E-state index contributed by atoms with van der Waals surface area (Å²) in [6.07, 6.45) is 77.5. The van der Waals surface area contributed by atoms with E-state index in [2.05, 4.69) is 161 Å². The molecule has 0 aromatic heterocycles. The molecule has 0 aliphatic carbocycles. The van der Waals surface area contributed by atoms with Crippen molar-refractivity contribution in [2.45, 2.75) is 303 Å². The van der Waals surface area contributed by atoms with E-state index in [1.165, 1.54) is 38.5 Å². The second-order valence-electron chi connectivity index (χ2n) is 24.5. The topological polar surface area (TPSA) is 237 Å². The van der Waals surface area contributed by atoms with Crippen LogP contribution >= 0.6 is 15.6 Å². The molecule has 5 atom stereocenters. The minimum atomic E-state index is -4.99. The highest BCUT2D eigenvalue weighted by molar-refractivity contribution is 7.47. The number of carbonyl (C=O) groups is 4. The van der Waals surface area contributed by atoms with Crippen molar-refractivity contribution in [3.05, 3.63) is 134 Å². The lowest BCUT2D eigenvalue weighted by Crippen LogP contribution is -2.30. The highest BCUT2D eigenvalue weighted by atomic mass is 31.2. The second-order valence-corrected chi connectivity index (χ2v) is 27.4. The summed E-state index contributed by atoms with van der Waals surface area (Å²) in [6.45, 7) is 4.41. The molecule has 0 heterocycles. The minimum absolute atomic E-state index is 0.0367. The van der Waals surface area contributed by atoms with E-state index in [0.29, 0.717) is 32.1 Å². The van der Waals surface area contributed by atoms with Gasteiger partial charge in [0.05, 0.1) is 26.4 Å². The molecule has 0 radical (unpaired) electrons. The number of hydrogen-bond donors (Lipinski definition) is 3. The van der Waals surface area contributed by atoms with Crippen molar-refractivity contribution in [1.82, 2.24) is 0 Å². The predicted octanol–water partition coefficient (Wildman–Crippen LogP) is 21.3. The predicted molar refractivity (Wildman–Crippen MR) is 399 cm³/mol. The Kier molecular flexibility index (Phi) is 67.2. The Bertz CT molecular complexity index is 2380. The van der Waals surface area contributed by atoms with Crippen LogP contribution in [0.1, 0.15) is 285 Å². The lowest BCUT2D eigenvalue weighted by molar-refractivity contribution is -0.161. The van der Waals surface area contributed by atoms with Gasteiger partial charge in [-0.05, 0) is 135 Å². The molecule has 560 valence electrons. The smallest absolute Gasteiger partial charge is 0.462 e. The number of aliphatic hydroxyl groups is 1. The zero-order valence-electron chi connectivity index (χ0n) is 60.9. The standard InChI is InChI=1S/C79H132O17P2/c1-5-9-13-17-21-25-29-32-35-36-39-41-45-48-52-56-60-64-77(82)90-70-75(96-79(84)66-62-58-54-50-46-42-38-34-31-27-23-19-15-11-7-3)72-94-98(87,88)92-68-73(80)67-91-97(85,86)93-71-74(95-78(83)65-61-57-53-49-43-28-24-20-16-12-8-4)69-89-76(81)63-59-55-51-47-44-40-37-33-30-26-22-18-14-10-6-2/h9-11,13-15,21-23,25-27,32-35,37-38,44,46-47,50,73-75,80H,5-8,12,16-20,24,28-31,36,39-43,45,48-49,51-72H2,1-4H3,(H,85,86)(H,87,88)/b13-9-,14-10-,15-11-,25-21-,26-22-,27-23-,35-32-,37-33-,38-34-,47-44-,50-46-. The molecular formula is C79H132O17P2. The summed E-state index contributed by atoms with van der Waals surface area (Å²) in [4.78, 5) is 72.8. The van der Waals surface area contributed by atoms with E-state index in [0.717, 1.165) is 161 Å². The number of ether oxygens (including phenoxy) is 4. The lowest BCUT2D eigenvalue weighted by atomic mass is 10.1. The number of hydrogen-bond acceptors (Lipinski definition) is 15. The van der Waals surface area contributed by atoms with Crippen molar-refractivity contribution in [2.24, 2.45) is 0 Å². The second kappa shape index (κ2) is 70.6. The molecule has 0 bridgehead atoms. The summed E-state index contributed by atoms with van der Waals surface area (Å²) < 4.78 is 68.3. The summed E-state index contributed by atoms with van der Waals surface area (Å²) in [5.41, 5.74) is 0. The van der Waals surface area contributed by atoms with E-state index in [4.69, 9.17) is 37.0 Å². The number of phosphoric acid groups is 2. The Morgan fingerprint density at radius 2 is 0.531 bits per heavy atom. The van der Waals surface area contributed by atoms with Crippen LogP contribution in [0.15, 0.2) is 134 Å². The van der Waals surface area contributed by atoms with Crippen LogP contribution in [-0.2, 0) is 65.4 Å². The van der Waals surface area contributed by atoms with Crippen LogP contribution in [0.2, 0.25) is 0 Å². The summed E-state index contributed by atoms with van der Waals surface area (Å²) in [6, 6.07) is 0. The van der Waals surface area contributed by atoms with Crippen LogP contribution in [0.4, 0.5) is 0 Å². The van der Waals surface area contributed by atoms with Gasteiger partial charge >= 0.3 is 39.5 Å². The zero-order valence-corrected chi connectivity index (χ0v) is 62.7. The molecule has 0 aromatic rings. The first-order chi connectivity index (χ1) is 47.7. The molecule has 0 rings (SSSR count). The SMILES string of the molecule is CC/C=C\C/C=C\C/C=C\C/C=C\CCCCC(=O)OCC(COP(=O)(O)OCC(O)COP(=O)(O)OCC(COC(=O)CCCCCCCCC/C=C\C/C=C\C/C=C\CC)OC(=O)CCCC/C=C\C/C=C\C/C=C\C/C=C\CC)OC(=O)CCCCCCCCCCCCC. The van der Waals surface area contributed by atoms with Gasteiger partial charge in [-0.2, -0.15) is 0 Å². The van der Waals surface area contributed by atoms with E-state index in [9.17, 15) is 43.2 Å². The van der Waals surface area contributed by atoms with Gasteiger partial charge in [0, 0.05) is 25.7 Å². The number of allylic oxidation sites excluding steroid dienone is 22. The Morgan fingerprint density at radius 3 is 0.837 bits per heavy atom. The quantitative estimate of drug-likeness (QED) is 0.0169. The highest BCUT2D eigenvalue weighted by Gasteiger charge is 2.30. The molecule has 17 nitrogen and oxygen atoms in total. The fourth-order valence-electron chi connectivity index (χ4n) is 9.51. The third-order valence-corrected chi connectivity index (χ3v) is 17.0. The Balaban J connectivity index is 5.40. The van der Waals surface area contributed by atoms with Gasteiger partial charge < -0.3 is 33.8 Å². The third-order valence-electron chi connectivity index (χ3n) is 15.1. The average Bonchev–Trinajstić information content (AvgIpc) is 0.985. The monoisotopic (exact) mass is 1410 g/mol. The molecule has 0 fully saturated rings. The van der Waals surface area contributed by atoms with E-state index < -0.39 is 97.5 Å². The molecule has 0 aliphatic rings. The molecule has 0 saturated heterocycles. The molecule has 0 spiro atoms. The molecular weight excluding hydrogens is 1280 g/mol. The normalized spacial score (nSPS) is 14.7. The van der Waals surface area contributed by atoms with Gasteiger partial charge in [-0.25, -0.2) is 9.13 Å². The van der Waals surface area contributed by atoms with Crippen molar-refractivity contribution in [3.8, 4) is 0 Å². The van der Waals surface area contributed by atoms with Crippen LogP contribution in [-0.4, -0.2) is 96.7 Å². The maximum atomic E-state index is 13.1. The average molecular weight is 1420 g/mol. The van der Waals surface area contributed by atoms with Crippen molar-refractivity contribution in [3.63, 3.8) is 0 Å². The van der Waals surface area contributed by atoms with Crippen LogP contribution < -0.4 is 0 Å². The van der Waals surface area contributed by atoms with Gasteiger partial charge in [0.1, 0.15) is 19.3 Å². The first kappa shape index (κ1) is 93.2. The van der Waals surface area contributed by atoms with Gasteiger partial charge in [-0.3, -0.25) is 37.3 Å². The number of phosphoric ester groups is 2. The molecule has 19 heteroatoms. The number of carbonyl (C=O) groups excluding carboxylic acids is 4. The van der Waals surface area contributed by atoms with Gasteiger partial charge in [-0.15, -0.1) is 0 Å². The van der Waals surface area contributed by atoms with E-state index in [1.54, 1.807) is 0 Å². The molecule has 3 N–H and O–H groups in total. The molecule has 0 aromatic carbocycles. The Labute approximate surface area is 593 Å². The van der Waals surface area contributed by atoms with Crippen molar-refractivity contribution in [1.29, 1.82) is 0 Å². The van der Waals surface area contributed by atoms with Gasteiger partial charge in [-0.1, -0.05) is 258 Å². The van der Waals surface area contributed by atoms with E-state index in [1.807, 2.05) is 0 Å². The Morgan fingerprint density at radius 1 is 0.296 bits per heavy atom.